The molecule has 8 heteroatoms. The van der Waals surface area contributed by atoms with Crippen LogP contribution in [0, 0.1) is 0 Å². The van der Waals surface area contributed by atoms with Gasteiger partial charge in [-0.2, -0.15) is 5.10 Å². The van der Waals surface area contributed by atoms with Crippen molar-refractivity contribution in [1.82, 2.24) is 25.1 Å². The van der Waals surface area contributed by atoms with Crippen LogP contribution in [0.2, 0.25) is 0 Å². The summed E-state index contributed by atoms with van der Waals surface area (Å²) in [5.74, 6) is 0.448. The number of nitrogens with zero attached hydrogens (tertiary/aromatic N) is 3. The summed E-state index contributed by atoms with van der Waals surface area (Å²) in [7, 11) is 1.60. The number of H-pyrrole nitrogens is 1. The third-order valence-corrected chi connectivity index (χ3v) is 5.49. The van der Waals surface area contributed by atoms with Gasteiger partial charge in [0, 0.05) is 34.7 Å². The van der Waals surface area contributed by atoms with E-state index in [1.807, 2.05) is 48.5 Å². The van der Waals surface area contributed by atoms with Gasteiger partial charge in [-0.25, -0.2) is 4.68 Å². The van der Waals surface area contributed by atoms with Gasteiger partial charge in [0.2, 0.25) is 0 Å². The predicted octanol–water partition coefficient (Wildman–Crippen LogP) is 3.26. The molecule has 0 bridgehead atoms. The minimum atomic E-state index is -0.263. The van der Waals surface area contributed by atoms with Gasteiger partial charge in [-0.05, 0) is 35.9 Å². The molecule has 3 aromatic heterocycles. The van der Waals surface area contributed by atoms with Crippen molar-refractivity contribution in [2.24, 2.45) is 0 Å². The average Bonchev–Trinajstić information content (AvgIpc) is 3.29. The zero-order chi connectivity index (χ0) is 22.8. The molecule has 0 aliphatic carbocycles. The van der Waals surface area contributed by atoms with Crippen molar-refractivity contribution in [3.8, 4) is 5.75 Å². The van der Waals surface area contributed by atoms with Gasteiger partial charge in [-0.3, -0.25) is 14.6 Å². The standard InChI is InChI=1S/C25H21N5O3/c1-33-18-9-8-17-11-22(28-21(17)12-18)24(31)27-14-23-19-6-2-3-7-20(19)25(32)30(29-23)15-16-5-4-10-26-13-16/h2-13,28H,14-15H2,1H3,(H,27,31). The number of hydrogen-bond donors (Lipinski definition) is 2. The third-order valence-electron chi connectivity index (χ3n) is 5.49. The van der Waals surface area contributed by atoms with Crippen LogP contribution < -0.4 is 15.6 Å². The monoisotopic (exact) mass is 439 g/mol. The molecule has 164 valence electrons. The number of amides is 1. The Kier molecular flexibility index (Phi) is 5.32. The van der Waals surface area contributed by atoms with Crippen LogP contribution in [0.25, 0.3) is 21.7 Å². The Labute approximate surface area is 188 Å². The quantitative estimate of drug-likeness (QED) is 0.423. The second-order valence-electron chi connectivity index (χ2n) is 7.64. The second kappa shape index (κ2) is 8.58. The molecule has 8 nitrogen and oxygen atoms in total. The lowest BCUT2D eigenvalue weighted by Gasteiger charge is -2.11. The number of hydrogen-bond acceptors (Lipinski definition) is 5. The van der Waals surface area contributed by atoms with Crippen molar-refractivity contribution < 1.29 is 9.53 Å². The summed E-state index contributed by atoms with van der Waals surface area (Å²) in [4.78, 5) is 33.0. The first-order chi connectivity index (χ1) is 16.1. The topological polar surface area (TPSA) is 102 Å². The molecule has 2 aromatic carbocycles. The van der Waals surface area contributed by atoms with Gasteiger partial charge in [0.15, 0.2) is 0 Å². The Balaban J connectivity index is 1.44. The van der Waals surface area contributed by atoms with E-state index in [1.165, 1.54) is 4.68 Å². The van der Waals surface area contributed by atoms with Crippen LogP contribution in [-0.4, -0.2) is 32.8 Å². The molecule has 0 fully saturated rings. The highest BCUT2D eigenvalue weighted by Crippen LogP contribution is 2.21. The van der Waals surface area contributed by atoms with Crippen molar-refractivity contribution in [3.63, 3.8) is 0 Å². The fraction of sp³-hybridized carbons (Fsp3) is 0.120. The first-order valence-corrected chi connectivity index (χ1v) is 10.4. The number of nitrogens with one attached hydrogen (secondary N) is 2. The van der Waals surface area contributed by atoms with Gasteiger partial charge in [-0.1, -0.05) is 24.3 Å². The first kappa shape index (κ1) is 20.4. The molecule has 5 aromatic rings. The van der Waals surface area contributed by atoms with E-state index in [2.05, 4.69) is 20.4 Å². The fourth-order valence-corrected chi connectivity index (χ4v) is 3.82. The molecule has 1 amide bonds. The molecule has 5 rings (SSSR count). The Hall–Kier alpha value is -4.46. The predicted molar refractivity (Wildman–Crippen MR) is 125 cm³/mol. The zero-order valence-corrected chi connectivity index (χ0v) is 17.9. The number of carbonyl (C=O) groups excluding carboxylic acids is 1. The summed E-state index contributed by atoms with van der Waals surface area (Å²) in [5, 5.41) is 9.66. The van der Waals surface area contributed by atoms with Gasteiger partial charge in [0.25, 0.3) is 11.5 Å². The van der Waals surface area contributed by atoms with Crippen LogP contribution >= 0.6 is 0 Å². The largest absolute Gasteiger partial charge is 0.497 e. The molecule has 0 saturated heterocycles. The molecule has 0 aliphatic rings. The summed E-state index contributed by atoms with van der Waals surface area (Å²) >= 11 is 0. The van der Waals surface area contributed by atoms with E-state index in [9.17, 15) is 9.59 Å². The normalized spacial score (nSPS) is 11.1. The van der Waals surface area contributed by atoms with E-state index >= 15 is 0 Å². The van der Waals surface area contributed by atoms with Gasteiger partial charge in [0.05, 0.1) is 31.3 Å². The molecule has 2 N–H and O–H groups in total. The SMILES string of the molecule is COc1ccc2cc(C(=O)NCc3nn(Cc4cccnc4)c(=O)c4ccccc34)[nH]c2c1. The molecule has 0 radical (unpaired) electrons. The zero-order valence-electron chi connectivity index (χ0n) is 17.9. The van der Waals surface area contributed by atoms with Crippen molar-refractivity contribution in [2.45, 2.75) is 13.1 Å². The molecule has 0 spiro atoms. The minimum Gasteiger partial charge on any atom is -0.497 e. The molecule has 0 unspecified atom stereocenters. The smallest absolute Gasteiger partial charge is 0.274 e. The summed E-state index contributed by atoms with van der Waals surface area (Å²) in [6.07, 6.45) is 3.39. The minimum absolute atomic E-state index is 0.172. The van der Waals surface area contributed by atoms with E-state index in [4.69, 9.17) is 4.74 Å². The highest BCUT2D eigenvalue weighted by molar-refractivity contribution is 5.98. The molecular weight excluding hydrogens is 418 g/mol. The third kappa shape index (κ3) is 4.06. The lowest BCUT2D eigenvalue weighted by atomic mass is 10.1. The van der Waals surface area contributed by atoms with Crippen molar-refractivity contribution in [3.05, 3.63) is 100 Å². The number of aromatic nitrogens is 4. The number of pyridine rings is 1. The number of aromatic amines is 1. The highest BCUT2D eigenvalue weighted by Gasteiger charge is 2.14. The number of fused-ring (bicyclic) bond motifs is 2. The van der Waals surface area contributed by atoms with E-state index < -0.39 is 0 Å². The van der Waals surface area contributed by atoms with E-state index in [0.717, 1.165) is 16.5 Å². The maximum absolute atomic E-state index is 13.0. The number of rotatable bonds is 6. The molecule has 33 heavy (non-hydrogen) atoms. The van der Waals surface area contributed by atoms with Crippen LogP contribution in [0.4, 0.5) is 0 Å². The number of benzene rings is 2. The Morgan fingerprint density at radius 1 is 1.09 bits per heavy atom. The van der Waals surface area contributed by atoms with Gasteiger partial charge in [0.1, 0.15) is 11.4 Å². The van der Waals surface area contributed by atoms with E-state index in [1.54, 1.807) is 31.6 Å². The lowest BCUT2D eigenvalue weighted by Crippen LogP contribution is -2.29. The molecule has 0 saturated carbocycles. The maximum atomic E-state index is 13.0. The van der Waals surface area contributed by atoms with Crippen LogP contribution in [0.15, 0.2) is 77.9 Å². The van der Waals surface area contributed by atoms with Gasteiger partial charge < -0.3 is 15.0 Å². The van der Waals surface area contributed by atoms with Crippen LogP contribution in [0.5, 0.6) is 5.75 Å². The van der Waals surface area contributed by atoms with Crippen molar-refractivity contribution in [1.29, 1.82) is 0 Å². The Morgan fingerprint density at radius 2 is 1.94 bits per heavy atom. The van der Waals surface area contributed by atoms with E-state index in [0.29, 0.717) is 34.5 Å². The lowest BCUT2D eigenvalue weighted by molar-refractivity contribution is 0.0946. The highest BCUT2D eigenvalue weighted by atomic mass is 16.5. The van der Waals surface area contributed by atoms with Crippen molar-refractivity contribution in [2.75, 3.05) is 7.11 Å². The molecule has 3 heterocycles. The van der Waals surface area contributed by atoms with E-state index in [-0.39, 0.29) is 18.0 Å². The van der Waals surface area contributed by atoms with Crippen LogP contribution in [0.1, 0.15) is 21.7 Å². The second-order valence-corrected chi connectivity index (χ2v) is 7.64. The number of methoxy groups -OCH3 is 1. The number of ether oxygens (including phenoxy) is 1. The summed E-state index contributed by atoms with van der Waals surface area (Å²) in [5.41, 5.74) is 2.54. The molecule has 0 atom stereocenters. The summed E-state index contributed by atoms with van der Waals surface area (Å²) in [6, 6.07) is 18.4. The van der Waals surface area contributed by atoms with Crippen LogP contribution in [0.3, 0.4) is 0 Å². The Morgan fingerprint density at radius 3 is 2.73 bits per heavy atom. The summed E-state index contributed by atoms with van der Waals surface area (Å²) in [6.45, 7) is 0.466. The summed E-state index contributed by atoms with van der Waals surface area (Å²) < 4.78 is 6.65. The van der Waals surface area contributed by atoms with Crippen LogP contribution in [-0.2, 0) is 13.1 Å². The molecular formula is C25H21N5O3. The van der Waals surface area contributed by atoms with Crippen molar-refractivity contribution >= 4 is 27.6 Å². The Bertz CT molecular complexity index is 1520. The van der Waals surface area contributed by atoms with Gasteiger partial charge in [-0.15, -0.1) is 0 Å². The fourth-order valence-electron chi connectivity index (χ4n) is 3.82. The number of carbonyl (C=O) groups is 1. The maximum Gasteiger partial charge on any atom is 0.274 e. The first-order valence-electron chi connectivity index (χ1n) is 10.4. The molecule has 0 aliphatic heterocycles. The average molecular weight is 439 g/mol. The van der Waals surface area contributed by atoms with Gasteiger partial charge >= 0.3 is 0 Å².